The fourth-order valence-corrected chi connectivity index (χ4v) is 2.63. The van der Waals surface area contributed by atoms with Crippen LogP contribution in [0.25, 0.3) is 0 Å². The van der Waals surface area contributed by atoms with Crippen molar-refractivity contribution in [3.8, 4) is 5.75 Å². The number of nitro benzene ring substituents is 1. The van der Waals surface area contributed by atoms with Gasteiger partial charge in [-0.3, -0.25) is 19.7 Å². The molecular formula is C22H20N4O6. The van der Waals surface area contributed by atoms with E-state index >= 15 is 0 Å². The Morgan fingerprint density at radius 3 is 2.66 bits per heavy atom. The lowest BCUT2D eigenvalue weighted by atomic mass is 10.1. The van der Waals surface area contributed by atoms with Crippen LogP contribution in [0.3, 0.4) is 0 Å². The summed E-state index contributed by atoms with van der Waals surface area (Å²) in [6.07, 6.45) is 2.95. The Morgan fingerprint density at radius 2 is 1.97 bits per heavy atom. The van der Waals surface area contributed by atoms with Gasteiger partial charge in [0.05, 0.1) is 23.9 Å². The molecule has 3 aromatic rings. The number of amides is 2. The van der Waals surface area contributed by atoms with Crippen LogP contribution in [0.4, 0.5) is 5.69 Å². The molecule has 10 nitrogen and oxygen atoms in total. The van der Waals surface area contributed by atoms with Crippen molar-refractivity contribution in [2.45, 2.75) is 13.5 Å². The highest BCUT2D eigenvalue weighted by molar-refractivity contribution is 5.95. The largest absolute Gasteiger partial charge is 0.484 e. The third-order valence-corrected chi connectivity index (χ3v) is 4.34. The van der Waals surface area contributed by atoms with Crippen LogP contribution >= 0.6 is 0 Å². The molecule has 2 N–H and O–H groups in total. The quantitative estimate of drug-likeness (QED) is 0.301. The Balaban J connectivity index is 1.46. The van der Waals surface area contributed by atoms with Crippen molar-refractivity contribution < 1.29 is 23.7 Å². The van der Waals surface area contributed by atoms with Gasteiger partial charge in [-0.1, -0.05) is 6.07 Å². The first-order chi connectivity index (χ1) is 15.4. The summed E-state index contributed by atoms with van der Waals surface area (Å²) in [5, 5.41) is 17.5. The second-order valence-electron chi connectivity index (χ2n) is 6.67. The van der Waals surface area contributed by atoms with Gasteiger partial charge in [0, 0.05) is 17.2 Å². The predicted octanol–water partition coefficient (Wildman–Crippen LogP) is 2.96. The van der Waals surface area contributed by atoms with Gasteiger partial charge >= 0.3 is 0 Å². The Morgan fingerprint density at radius 1 is 1.19 bits per heavy atom. The molecule has 0 aliphatic rings. The minimum atomic E-state index is -0.565. The van der Waals surface area contributed by atoms with Crippen molar-refractivity contribution >= 4 is 23.7 Å². The zero-order chi connectivity index (χ0) is 22.9. The van der Waals surface area contributed by atoms with Crippen LogP contribution < -0.4 is 15.5 Å². The van der Waals surface area contributed by atoms with Gasteiger partial charge in [-0.05, 0) is 55.0 Å². The number of hydrogen-bond donors (Lipinski definition) is 2. The molecule has 0 fully saturated rings. The molecule has 2 amide bonds. The smallest absolute Gasteiger partial charge is 0.273 e. The molecule has 0 aliphatic heterocycles. The van der Waals surface area contributed by atoms with E-state index in [1.165, 1.54) is 30.7 Å². The number of benzene rings is 2. The molecule has 3 rings (SSSR count). The fraction of sp³-hybridized carbons (Fsp3) is 0.136. The van der Waals surface area contributed by atoms with Gasteiger partial charge in [0.25, 0.3) is 17.5 Å². The van der Waals surface area contributed by atoms with Crippen molar-refractivity contribution in [1.29, 1.82) is 0 Å². The molecule has 0 unspecified atom stereocenters. The van der Waals surface area contributed by atoms with E-state index in [-0.39, 0.29) is 30.3 Å². The Hall–Kier alpha value is -4.47. The molecule has 2 aromatic carbocycles. The maximum atomic E-state index is 12.1. The zero-order valence-electron chi connectivity index (χ0n) is 17.1. The summed E-state index contributed by atoms with van der Waals surface area (Å²) < 4.78 is 10.6. The van der Waals surface area contributed by atoms with Crippen molar-refractivity contribution in [3.05, 3.63) is 93.4 Å². The maximum Gasteiger partial charge on any atom is 0.273 e. The lowest BCUT2D eigenvalue weighted by molar-refractivity contribution is -0.385. The minimum Gasteiger partial charge on any atom is -0.484 e. The van der Waals surface area contributed by atoms with Crippen molar-refractivity contribution in [2.24, 2.45) is 5.10 Å². The fourth-order valence-electron chi connectivity index (χ4n) is 2.63. The van der Waals surface area contributed by atoms with E-state index in [0.717, 1.165) is 0 Å². The van der Waals surface area contributed by atoms with E-state index in [1.807, 2.05) is 0 Å². The van der Waals surface area contributed by atoms with E-state index < -0.39 is 10.8 Å². The van der Waals surface area contributed by atoms with Gasteiger partial charge in [0.1, 0.15) is 11.5 Å². The topological polar surface area (TPSA) is 136 Å². The molecule has 0 saturated carbocycles. The first-order valence-corrected chi connectivity index (χ1v) is 9.53. The van der Waals surface area contributed by atoms with E-state index in [0.29, 0.717) is 22.6 Å². The molecule has 0 radical (unpaired) electrons. The molecule has 0 saturated heterocycles. The summed E-state index contributed by atoms with van der Waals surface area (Å²) in [7, 11) is 0. The van der Waals surface area contributed by atoms with Gasteiger partial charge in [-0.25, -0.2) is 5.43 Å². The number of aryl methyl sites for hydroxylation is 1. The number of nitrogens with one attached hydrogen (secondary N) is 2. The number of hydrogen-bond acceptors (Lipinski definition) is 7. The van der Waals surface area contributed by atoms with Gasteiger partial charge < -0.3 is 14.5 Å². The molecule has 0 bridgehead atoms. The lowest BCUT2D eigenvalue weighted by Gasteiger charge is -2.07. The van der Waals surface area contributed by atoms with Crippen LogP contribution in [-0.2, 0) is 11.3 Å². The van der Waals surface area contributed by atoms with Crippen LogP contribution in [0.5, 0.6) is 5.75 Å². The average Bonchev–Trinajstić information content (AvgIpc) is 3.31. The normalized spacial score (nSPS) is 10.7. The van der Waals surface area contributed by atoms with Crippen LogP contribution in [0.1, 0.15) is 27.2 Å². The standard InChI is InChI=1S/C22H20N4O6/c1-15-4-7-17(11-20(15)26(29)30)22(28)25-24-12-16-5-8-18(9-6-16)32-14-21(27)23-13-19-3-2-10-31-19/h2-12H,13-14H2,1H3,(H,23,27)(H,25,28)/b24-12-. The molecule has 0 atom stereocenters. The number of ether oxygens (including phenoxy) is 1. The molecule has 164 valence electrons. The summed E-state index contributed by atoms with van der Waals surface area (Å²) in [6, 6.07) is 14.4. The number of furan rings is 1. The van der Waals surface area contributed by atoms with E-state index in [4.69, 9.17) is 9.15 Å². The van der Waals surface area contributed by atoms with Gasteiger partial charge in [0.2, 0.25) is 0 Å². The van der Waals surface area contributed by atoms with Crippen molar-refractivity contribution in [2.75, 3.05) is 6.61 Å². The Labute approximate surface area is 183 Å². The second-order valence-corrected chi connectivity index (χ2v) is 6.67. The first kappa shape index (κ1) is 22.2. The third kappa shape index (κ3) is 6.26. The summed E-state index contributed by atoms with van der Waals surface area (Å²) in [5.41, 5.74) is 3.47. The number of carbonyl (C=O) groups excluding carboxylic acids is 2. The third-order valence-electron chi connectivity index (χ3n) is 4.34. The predicted molar refractivity (Wildman–Crippen MR) is 115 cm³/mol. The highest BCUT2D eigenvalue weighted by atomic mass is 16.6. The summed E-state index contributed by atoms with van der Waals surface area (Å²) in [4.78, 5) is 34.4. The minimum absolute atomic E-state index is 0.133. The van der Waals surface area contributed by atoms with Crippen LogP contribution in [0.15, 0.2) is 70.4 Å². The second kappa shape index (κ2) is 10.5. The zero-order valence-corrected chi connectivity index (χ0v) is 17.1. The number of rotatable bonds is 9. The molecule has 10 heteroatoms. The van der Waals surface area contributed by atoms with Crippen LogP contribution in [0, 0.1) is 17.0 Å². The summed E-state index contributed by atoms with van der Waals surface area (Å²) >= 11 is 0. The van der Waals surface area contributed by atoms with Crippen LogP contribution in [0.2, 0.25) is 0 Å². The monoisotopic (exact) mass is 436 g/mol. The number of nitro groups is 1. The van der Waals surface area contributed by atoms with Gasteiger partial charge in [-0.15, -0.1) is 0 Å². The number of nitrogens with zero attached hydrogens (tertiary/aromatic N) is 2. The van der Waals surface area contributed by atoms with Crippen molar-refractivity contribution in [3.63, 3.8) is 0 Å². The number of hydrazone groups is 1. The Kier molecular flexibility index (Phi) is 7.31. The average molecular weight is 436 g/mol. The number of carbonyl (C=O) groups is 2. The highest BCUT2D eigenvalue weighted by Gasteiger charge is 2.14. The molecule has 0 spiro atoms. The first-order valence-electron chi connectivity index (χ1n) is 9.53. The maximum absolute atomic E-state index is 12.1. The molecule has 1 heterocycles. The summed E-state index contributed by atoms with van der Waals surface area (Å²) in [5.74, 6) is 0.289. The molecule has 1 aromatic heterocycles. The van der Waals surface area contributed by atoms with E-state index in [9.17, 15) is 19.7 Å². The van der Waals surface area contributed by atoms with Crippen LogP contribution in [-0.4, -0.2) is 29.6 Å². The molecule has 0 aliphatic carbocycles. The highest BCUT2D eigenvalue weighted by Crippen LogP contribution is 2.19. The Bertz CT molecular complexity index is 1120. The molecule has 32 heavy (non-hydrogen) atoms. The van der Waals surface area contributed by atoms with Gasteiger partial charge in [-0.2, -0.15) is 5.10 Å². The SMILES string of the molecule is Cc1ccc(C(=O)N/N=C\c2ccc(OCC(=O)NCc3ccco3)cc2)cc1[N+](=O)[O-]. The van der Waals surface area contributed by atoms with Gasteiger partial charge in [0.15, 0.2) is 6.61 Å². The van der Waals surface area contributed by atoms with Crippen molar-refractivity contribution in [1.82, 2.24) is 10.7 Å². The lowest BCUT2D eigenvalue weighted by Crippen LogP contribution is -2.28. The summed E-state index contributed by atoms with van der Waals surface area (Å²) in [6.45, 7) is 1.73. The van der Waals surface area contributed by atoms with E-state index in [2.05, 4.69) is 15.8 Å². The molecular weight excluding hydrogens is 416 g/mol. The van der Waals surface area contributed by atoms with E-state index in [1.54, 1.807) is 43.3 Å².